The van der Waals surface area contributed by atoms with Crippen molar-refractivity contribution in [2.45, 2.75) is 26.8 Å². The third-order valence-electron chi connectivity index (χ3n) is 2.73. The summed E-state index contributed by atoms with van der Waals surface area (Å²) >= 11 is 0. The van der Waals surface area contributed by atoms with Crippen LogP contribution in [-0.4, -0.2) is 16.1 Å². The maximum Gasteiger partial charge on any atom is 0.312 e. The van der Waals surface area contributed by atoms with Crippen molar-refractivity contribution in [2.24, 2.45) is 11.3 Å². The molecule has 0 radical (unpaired) electrons. The summed E-state index contributed by atoms with van der Waals surface area (Å²) < 4.78 is 4.93. The first-order valence-electron chi connectivity index (χ1n) is 4.84. The number of carbonyl (C=O) groups is 1. The van der Waals surface area contributed by atoms with Crippen molar-refractivity contribution in [1.29, 1.82) is 0 Å². The number of nitrogens with one attached hydrogen (secondary N) is 1. The highest BCUT2D eigenvalue weighted by atomic mass is 16.4. The van der Waals surface area contributed by atoms with E-state index in [0.29, 0.717) is 5.89 Å². The van der Waals surface area contributed by atoms with Crippen LogP contribution in [0.25, 0.3) is 0 Å². The molecule has 6 heteroatoms. The quantitative estimate of drug-likeness (QED) is 0.749. The van der Waals surface area contributed by atoms with Crippen molar-refractivity contribution >= 4 is 11.9 Å². The molecule has 0 bridgehead atoms. The molecule has 15 heavy (non-hydrogen) atoms. The Morgan fingerprint density at radius 3 is 2.80 bits per heavy atom. The molecular formula is C9H14N4O2. The van der Waals surface area contributed by atoms with Gasteiger partial charge in [-0.1, -0.05) is 18.9 Å². The average molecular weight is 210 g/mol. The maximum absolute atomic E-state index is 11.6. The first-order chi connectivity index (χ1) is 6.99. The van der Waals surface area contributed by atoms with Crippen molar-refractivity contribution in [3.05, 3.63) is 5.89 Å². The van der Waals surface area contributed by atoms with Gasteiger partial charge in [0, 0.05) is 5.92 Å². The highest BCUT2D eigenvalue weighted by Gasteiger charge is 2.50. The number of rotatable bonds is 3. The summed E-state index contributed by atoms with van der Waals surface area (Å²) in [5.41, 5.74) is 5.38. The number of anilines is 1. The third-order valence-corrected chi connectivity index (χ3v) is 2.73. The summed E-state index contributed by atoms with van der Waals surface area (Å²) in [6, 6.07) is 0.0194. The first kappa shape index (κ1) is 9.95. The van der Waals surface area contributed by atoms with E-state index in [9.17, 15) is 4.79 Å². The van der Waals surface area contributed by atoms with Crippen LogP contribution in [0.2, 0.25) is 0 Å². The normalized spacial score (nSPS) is 22.4. The van der Waals surface area contributed by atoms with Crippen LogP contribution in [0.1, 0.15) is 26.2 Å². The number of hydrogen-bond acceptors (Lipinski definition) is 5. The van der Waals surface area contributed by atoms with E-state index >= 15 is 0 Å². The molecule has 1 fully saturated rings. The molecule has 0 saturated heterocycles. The largest absolute Gasteiger partial charge is 0.406 e. The van der Waals surface area contributed by atoms with Crippen LogP contribution in [0.5, 0.6) is 0 Å². The van der Waals surface area contributed by atoms with Crippen molar-refractivity contribution in [3.63, 3.8) is 0 Å². The Balaban J connectivity index is 1.82. The molecule has 3 N–H and O–H groups in total. The minimum Gasteiger partial charge on any atom is -0.406 e. The van der Waals surface area contributed by atoms with E-state index in [4.69, 9.17) is 10.2 Å². The van der Waals surface area contributed by atoms with Crippen LogP contribution in [0.3, 0.4) is 0 Å². The van der Waals surface area contributed by atoms with Gasteiger partial charge in [-0.25, -0.2) is 0 Å². The maximum atomic E-state index is 11.6. The molecule has 1 amide bonds. The summed E-state index contributed by atoms with van der Waals surface area (Å²) in [6.45, 7) is 4.39. The van der Waals surface area contributed by atoms with Gasteiger partial charge in [0.1, 0.15) is 0 Å². The summed E-state index contributed by atoms with van der Waals surface area (Å²) in [4.78, 5) is 11.6. The number of aromatic nitrogens is 2. The lowest BCUT2D eigenvalue weighted by molar-refractivity contribution is -0.123. The Bertz CT molecular complexity index is 385. The van der Waals surface area contributed by atoms with Gasteiger partial charge in [0.2, 0.25) is 11.8 Å². The molecule has 1 aromatic heterocycles. The van der Waals surface area contributed by atoms with Crippen LogP contribution in [0.15, 0.2) is 4.42 Å². The Morgan fingerprint density at radius 1 is 1.67 bits per heavy atom. The van der Waals surface area contributed by atoms with Crippen molar-refractivity contribution in [3.8, 4) is 0 Å². The summed E-state index contributed by atoms with van der Waals surface area (Å²) in [5, 5.41) is 9.88. The highest BCUT2D eigenvalue weighted by Crippen LogP contribution is 2.51. The summed E-state index contributed by atoms with van der Waals surface area (Å²) in [5.74, 6) is 0.480. The Morgan fingerprint density at radius 2 is 2.33 bits per heavy atom. The fraction of sp³-hybridized carbons (Fsp3) is 0.667. The highest BCUT2D eigenvalue weighted by molar-refractivity contribution is 5.82. The van der Waals surface area contributed by atoms with E-state index in [1.54, 1.807) is 0 Å². The van der Waals surface area contributed by atoms with Crippen molar-refractivity contribution < 1.29 is 9.21 Å². The zero-order valence-corrected chi connectivity index (χ0v) is 8.78. The second-order valence-electron chi connectivity index (χ2n) is 4.50. The monoisotopic (exact) mass is 210 g/mol. The predicted octanol–water partition coefficient (Wildman–Crippen LogP) is 0.314. The van der Waals surface area contributed by atoms with E-state index in [0.717, 1.165) is 6.42 Å². The number of hydrogen-bond donors (Lipinski definition) is 2. The fourth-order valence-electron chi connectivity index (χ4n) is 1.54. The van der Waals surface area contributed by atoms with E-state index in [1.165, 1.54) is 0 Å². The molecule has 1 aliphatic carbocycles. The second-order valence-corrected chi connectivity index (χ2v) is 4.50. The summed E-state index contributed by atoms with van der Waals surface area (Å²) in [7, 11) is 0. The molecular weight excluding hydrogens is 196 g/mol. The summed E-state index contributed by atoms with van der Waals surface area (Å²) in [6.07, 6.45) is 0.935. The van der Waals surface area contributed by atoms with Gasteiger partial charge in [-0.2, -0.15) is 0 Å². The van der Waals surface area contributed by atoms with Gasteiger partial charge in [-0.05, 0) is 11.8 Å². The van der Waals surface area contributed by atoms with Gasteiger partial charge in [0.25, 0.3) is 0 Å². The minimum absolute atomic E-state index is 0.0194. The van der Waals surface area contributed by atoms with Crippen molar-refractivity contribution in [1.82, 2.24) is 15.5 Å². The molecule has 0 aliphatic heterocycles. The molecule has 1 atom stereocenters. The van der Waals surface area contributed by atoms with Gasteiger partial charge in [0.05, 0.1) is 6.54 Å². The second kappa shape index (κ2) is 3.22. The Labute approximate surface area is 87.2 Å². The Hall–Kier alpha value is -1.59. The van der Waals surface area contributed by atoms with E-state index in [1.807, 2.05) is 0 Å². The topological polar surface area (TPSA) is 94.0 Å². The Kier molecular flexibility index (Phi) is 2.13. The number of nitrogens with two attached hydrogens (primary N) is 1. The molecule has 6 nitrogen and oxygen atoms in total. The molecule has 1 heterocycles. The lowest BCUT2D eigenvalue weighted by Gasteiger charge is -2.03. The number of amides is 1. The van der Waals surface area contributed by atoms with Crippen LogP contribution < -0.4 is 11.1 Å². The average Bonchev–Trinajstić information content (AvgIpc) is 2.59. The number of carbonyl (C=O) groups excluding carboxylic acids is 1. The van der Waals surface area contributed by atoms with Crippen LogP contribution in [0.4, 0.5) is 6.01 Å². The molecule has 0 spiro atoms. The van der Waals surface area contributed by atoms with Gasteiger partial charge >= 0.3 is 6.01 Å². The molecule has 1 aliphatic rings. The molecule has 82 valence electrons. The van der Waals surface area contributed by atoms with Gasteiger partial charge in [0.15, 0.2) is 0 Å². The third kappa shape index (κ3) is 2.08. The van der Waals surface area contributed by atoms with E-state index < -0.39 is 0 Å². The lowest BCUT2D eigenvalue weighted by atomic mass is 10.1. The minimum atomic E-state index is 0.0194. The zero-order valence-electron chi connectivity index (χ0n) is 8.78. The van der Waals surface area contributed by atoms with E-state index in [-0.39, 0.29) is 29.8 Å². The molecule has 1 saturated carbocycles. The van der Waals surface area contributed by atoms with Gasteiger partial charge in [-0.3, -0.25) is 4.79 Å². The first-order valence-corrected chi connectivity index (χ1v) is 4.84. The fourth-order valence-corrected chi connectivity index (χ4v) is 1.54. The zero-order chi connectivity index (χ0) is 11.1. The standard InChI is InChI=1S/C9H14N4O2/c1-9(2)3-5(9)7(14)11-4-6-12-13-8(10)15-6/h5H,3-4H2,1-2H3,(H2,10,13)(H,11,14)/t5-/m1/s1. The number of nitrogens with zero attached hydrogens (tertiary/aromatic N) is 2. The van der Waals surface area contributed by atoms with Crippen LogP contribution in [0, 0.1) is 11.3 Å². The SMILES string of the molecule is CC1(C)C[C@@H]1C(=O)NCc1nnc(N)o1. The van der Waals surface area contributed by atoms with Gasteiger partial charge < -0.3 is 15.5 Å². The van der Waals surface area contributed by atoms with Crippen LogP contribution >= 0.6 is 0 Å². The molecule has 0 unspecified atom stereocenters. The van der Waals surface area contributed by atoms with Crippen LogP contribution in [-0.2, 0) is 11.3 Å². The molecule has 2 rings (SSSR count). The van der Waals surface area contributed by atoms with E-state index in [2.05, 4.69) is 29.4 Å². The van der Waals surface area contributed by atoms with Crippen molar-refractivity contribution in [2.75, 3.05) is 5.73 Å². The molecule has 0 aromatic carbocycles. The van der Waals surface area contributed by atoms with Gasteiger partial charge in [-0.15, -0.1) is 5.10 Å². The number of nitrogen functional groups attached to an aromatic ring is 1. The predicted molar refractivity (Wildman–Crippen MR) is 52.4 cm³/mol. The molecule has 1 aromatic rings. The smallest absolute Gasteiger partial charge is 0.312 e. The lowest BCUT2D eigenvalue weighted by Crippen LogP contribution is -2.26.